The number of carbonyl (C=O) groups is 1. The summed E-state index contributed by atoms with van der Waals surface area (Å²) in [5.41, 5.74) is 1.91. The molecule has 0 fully saturated rings. The molecule has 23 heavy (non-hydrogen) atoms. The molecule has 0 aliphatic rings. The van der Waals surface area contributed by atoms with E-state index in [0.717, 1.165) is 26.9 Å². The van der Waals surface area contributed by atoms with E-state index in [0.29, 0.717) is 10.7 Å². The van der Waals surface area contributed by atoms with Crippen LogP contribution in [-0.4, -0.2) is 20.5 Å². The van der Waals surface area contributed by atoms with Gasteiger partial charge in [-0.25, -0.2) is 9.78 Å². The molecule has 3 rings (SSSR count). The zero-order valence-electron chi connectivity index (χ0n) is 12.0. The van der Waals surface area contributed by atoms with Gasteiger partial charge in [0.05, 0.1) is 5.69 Å². The molecule has 7 heteroatoms. The molecule has 0 amide bonds. The number of benzene rings is 1. The zero-order valence-corrected chi connectivity index (χ0v) is 13.6. The molecular weight excluding hydrogens is 336 g/mol. The number of nitrogens with zero attached hydrogens (tertiary/aromatic N) is 2. The second-order valence-corrected chi connectivity index (χ2v) is 6.30. The highest BCUT2D eigenvalue weighted by atomic mass is 35.5. The van der Waals surface area contributed by atoms with Crippen molar-refractivity contribution in [2.45, 2.75) is 6.92 Å². The summed E-state index contributed by atoms with van der Waals surface area (Å²) in [5, 5.41) is 8.97. The lowest BCUT2D eigenvalue weighted by atomic mass is 10.1. The Morgan fingerprint density at radius 3 is 2.87 bits per heavy atom. The van der Waals surface area contributed by atoms with Crippen molar-refractivity contribution in [2.24, 2.45) is 0 Å². The molecule has 0 aliphatic carbocycles. The van der Waals surface area contributed by atoms with Crippen LogP contribution in [0.3, 0.4) is 0 Å². The van der Waals surface area contributed by atoms with Crippen LogP contribution in [0, 0.1) is 6.92 Å². The molecule has 2 aromatic heterocycles. The maximum Gasteiger partial charge on any atom is 0.347 e. The first-order valence-electron chi connectivity index (χ1n) is 6.65. The summed E-state index contributed by atoms with van der Waals surface area (Å²) in [4.78, 5) is 27.8. The summed E-state index contributed by atoms with van der Waals surface area (Å²) in [6, 6.07) is 7.83. The third-order valence-corrected chi connectivity index (χ3v) is 4.51. The van der Waals surface area contributed by atoms with Crippen molar-refractivity contribution in [3.05, 3.63) is 67.5 Å². The molecule has 0 saturated carbocycles. The molecule has 1 aromatic carbocycles. The van der Waals surface area contributed by atoms with Gasteiger partial charge in [-0.2, -0.15) is 0 Å². The first-order valence-corrected chi connectivity index (χ1v) is 7.85. The van der Waals surface area contributed by atoms with Crippen molar-refractivity contribution >= 4 is 46.0 Å². The van der Waals surface area contributed by atoms with Crippen LogP contribution in [0.1, 0.15) is 26.5 Å². The summed E-state index contributed by atoms with van der Waals surface area (Å²) in [5.74, 6) is -1.10. The predicted molar refractivity (Wildman–Crippen MR) is 91.4 cm³/mol. The van der Waals surface area contributed by atoms with Crippen LogP contribution in [0.2, 0.25) is 5.02 Å². The maximum atomic E-state index is 12.2. The highest BCUT2D eigenvalue weighted by Crippen LogP contribution is 2.20. The molecule has 0 aliphatic heterocycles. The van der Waals surface area contributed by atoms with E-state index in [2.05, 4.69) is 4.98 Å². The van der Waals surface area contributed by atoms with E-state index >= 15 is 0 Å². The number of rotatable bonds is 3. The van der Waals surface area contributed by atoms with Crippen LogP contribution in [0.15, 0.2) is 35.3 Å². The molecule has 0 saturated heterocycles. The molecule has 0 radical (unpaired) electrons. The van der Waals surface area contributed by atoms with Gasteiger partial charge in [-0.05, 0) is 18.6 Å². The topological polar surface area (TPSA) is 71.7 Å². The van der Waals surface area contributed by atoms with Crippen molar-refractivity contribution in [3.63, 3.8) is 0 Å². The molecule has 3 aromatic rings. The summed E-state index contributed by atoms with van der Waals surface area (Å²) in [6.45, 7) is 1.99. The van der Waals surface area contributed by atoms with Crippen molar-refractivity contribution in [2.75, 3.05) is 0 Å². The molecule has 2 heterocycles. The maximum absolute atomic E-state index is 12.2. The van der Waals surface area contributed by atoms with Crippen molar-refractivity contribution < 1.29 is 9.90 Å². The summed E-state index contributed by atoms with van der Waals surface area (Å²) in [7, 11) is 0. The Balaban J connectivity index is 2.09. The highest BCUT2D eigenvalue weighted by Gasteiger charge is 2.14. The molecule has 0 bridgehead atoms. The number of carboxylic acids is 1. The standard InChI is InChI=1S/C16H11ClN2O3S/c1-9-3-2-4-10(7-9)5-6-11-13(17)14(20)19-8-12(15(21)22)23-16(19)18-11/h2-8H,1H3,(H,21,22)/b6-5+. The van der Waals surface area contributed by atoms with E-state index in [1.54, 1.807) is 6.08 Å². The Bertz CT molecular complexity index is 1000. The van der Waals surface area contributed by atoms with Crippen molar-refractivity contribution in [3.8, 4) is 0 Å². The van der Waals surface area contributed by atoms with Crippen LogP contribution in [0.25, 0.3) is 17.1 Å². The lowest BCUT2D eigenvalue weighted by molar-refractivity contribution is 0.0702. The Morgan fingerprint density at radius 2 is 2.17 bits per heavy atom. The van der Waals surface area contributed by atoms with Crippen LogP contribution in [0.4, 0.5) is 0 Å². The lowest BCUT2D eigenvalue weighted by Crippen LogP contribution is -2.14. The minimum atomic E-state index is -1.10. The van der Waals surface area contributed by atoms with Crippen LogP contribution < -0.4 is 5.56 Å². The van der Waals surface area contributed by atoms with Crippen LogP contribution in [-0.2, 0) is 0 Å². The normalized spacial score (nSPS) is 11.4. The lowest BCUT2D eigenvalue weighted by Gasteiger charge is -1.99. The number of thiazole rings is 1. The van der Waals surface area contributed by atoms with Crippen molar-refractivity contribution in [1.29, 1.82) is 0 Å². The van der Waals surface area contributed by atoms with Gasteiger partial charge in [0.15, 0.2) is 4.96 Å². The number of aryl methyl sites for hydroxylation is 1. The van der Waals surface area contributed by atoms with E-state index in [1.165, 1.54) is 6.20 Å². The monoisotopic (exact) mass is 346 g/mol. The van der Waals surface area contributed by atoms with Gasteiger partial charge >= 0.3 is 5.97 Å². The van der Waals surface area contributed by atoms with Crippen molar-refractivity contribution in [1.82, 2.24) is 9.38 Å². The third-order valence-electron chi connectivity index (χ3n) is 3.19. The number of fused-ring (bicyclic) bond motifs is 1. The zero-order chi connectivity index (χ0) is 16.6. The summed E-state index contributed by atoms with van der Waals surface area (Å²) >= 11 is 6.99. The molecule has 1 N–H and O–H groups in total. The summed E-state index contributed by atoms with van der Waals surface area (Å²) in [6.07, 6.45) is 4.69. The number of hydrogen-bond donors (Lipinski definition) is 1. The second kappa shape index (κ2) is 5.98. The number of aromatic carboxylic acids is 1. The minimum Gasteiger partial charge on any atom is -0.477 e. The van der Waals surface area contributed by atoms with Gasteiger partial charge in [-0.3, -0.25) is 9.20 Å². The van der Waals surface area contributed by atoms with E-state index in [4.69, 9.17) is 16.7 Å². The smallest absolute Gasteiger partial charge is 0.347 e. The molecule has 5 nitrogen and oxygen atoms in total. The highest BCUT2D eigenvalue weighted by molar-refractivity contribution is 7.18. The summed E-state index contributed by atoms with van der Waals surface area (Å²) < 4.78 is 1.15. The quantitative estimate of drug-likeness (QED) is 0.786. The van der Waals surface area contributed by atoms with E-state index < -0.39 is 11.5 Å². The third kappa shape index (κ3) is 3.04. The van der Waals surface area contributed by atoms with Gasteiger partial charge in [0.2, 0.25) is 0 Å². The van der Waals surface area contributed by atoms with Gasteiger partial charge in [-0.15, -0.1) is 0 Å². The van der Waals surface area contributed by atoms with Crippen LogP contribution >= 0.6 is 22.9 Å². The van der Waals surface area contributed by atoms with Gasteiger partial charge in [-0.1, -0.05) is 58.8 Å². The molecule has 0 atom stereocenters. The average Bonchev–Trinajstić information content (AvgIpc) is 2.94. The van der Waals surface area contributed by atoms with E-state index in [1.807, 2.05) is 37.3 Å². The van der Waals surface area contributed by atoms with Crippen LogP contribution in [0.5, 0.6) is 0 Å². The van der Waals surface area contributed by atoms with Gasteiger partial charge < -0.3 is 5.11 Å². The number of aromatic nitrogens is 2. The Labute approximate surface area is 140 Å². The molecule has 0 unspecified atom stereocenters. The first-order chi connectivity index (χ1) is 11.0. The van der Waals surface area contributed by atoms with E-state index in [9.17, 15) is 9.59 Å². The largest absolute Gasteiger partial charge is 0.477 e. The van der Waals surface area contributed by atoms with Gasteiger partial charge in [0, 0.05) is 6.20 Å². The number of carboxylic acid groups (broad SMARTS) is 1. The van der Waals surface area contributed by atoms with E-state index in [-0.39, 0.29) is 9.90 Å². The fraction of sp³-hybridized carbons (Fsp3) is 0.0625. The molecule has 0 spiro atoms. The molecular formula is C16H11ClN2O3S. The van der Waals surface area contributed by atoms with Gasteiger partial charge in [0.25, 0.3) is 5.56 Å². The number of halogens is 1. The van der Waals surface area contributed by atoms with Gasteiger partial charge in [0.1, 0.15) is 9.90 Å². The SMILES string of the molecule is Cc1cccc(/C=C/c2nc3sc(C(=O)O)cn3c(=O)c2Cl)c1. The molecule has 116 valence electrons. The predicted octanol–water partition coefficient (Wildman–Crippen LogP) is 3.59. The fourth-order valence-electron chi connectivity index (χ4n) is 2.09. The average molecular weight is 347 g/mol. The number of hydrogen-bond acceptors (Lipinski definition) is 4. The Morgan fingerprint density at radius 1 is 1.39 bits per heavy atom. The Kier molecular flexibility index (Phi) is 4.02. The Hall–Kier alpha value is -2.44. The first kappa shape index (κ1) is 15.5. The fourth-order valence-corrected chi connectivity index (χ4v) is 3.11. The second-order valence-electron chi connectivity index (χ2n) is 4.92. The minimum absolute atomic E-state index is 0.0329.